The van der Waals surface area contributed by atoms with Gasteiger partial charge < -0.3 is 9.84 Å². The number of hydrogen-bond acceptors (Lipinski definition) is 2. The molecule has 0 unspecified atom stereocenters. The van der Waals surface area contributed by atoms with E-state index in [4.69, 9.17) is 5.11 Å². The highest BCUT2D eigenvalue weighted by Gasteiger charge is 2.43. The van der Waals surface area contributed by atoms with Crippen LogP contribution < -0.4 is 4.74 Å². The smallest absolute Gasteiger partial charge is 0.461 e. The molecule has 94 valence electrons. The molecule has 0 bridgehead atoms. The van der Waals surface area contributed by atoms with Gasteiger partial charge in [0.1, 0.15) is 5.75 Å². The van der Waals surface area contributed by atoms with Gasteiger partial charge in [-0.25, -0.2) is 0 Å². The highest BCUT2D eigenvalue weighted by atomic mass is 19.3. The lowest BCUT2D eigenvalue weighted by molar-refractivity contribution is -0.253. The molecule has 1 N–H and O–H groups in total. The van der Waals surface area contributed by atoms with Crippen molar-refractivity contribution in [2.75, 3.05) is 0 Å². The number of hydrogen-bond donors (Lipinski definition) is 1. The third kappa shape index (κ3) is 3.93. The standard InChI is InChI=1S/C10H8F4O3/c11-9(12)10(13,14)17-7-3-1-6(2-4-7)5-8(15)16/h1-4,9H,5H2,(H,15,16). The summed E-state index contributed by atoms with van der Waals surface area (Å²) in [6.45, 7) is 0. The molecular weight excluding hydrogens is 244 g/mol. The Bertz CT molecular complexity index is 389. The molecule has 0 aliphatic rings. The molecule has 0 radical (unpaired) electrons. The van der Waals surface area contributed by atoms with Crippen LogP contribution in [0, 0.1) is 0 Å². The molecule has 17 heavy (non-hydrogen) atoms. The van der Waals surface area contributed by atoms with Crippen LogP contribution in [0.3, 0.4) is 0 Å². The minimum absolute atomic E-state index is 0.286. The maximum Gasteiger partial charge on any atom is 0.461 e. The van der Waals surface area contributed by atoms with Crippen LogP contribution >= 0.6 is 0 Å². The molecule has 1 aromatic rings. The van der Waals surface area contributed by atoms with Gasteiger partial charge in [-0.15, -0.1) is 0 Å². The van der Waals surface area contributed by atoms with E-state index in [1.165, 1.54) is 12.1 Å². The van der Waals surface area contributed by atoms with Crippen molar-refractivity contribution in [3.63, 3.8) is 0 Å². The first-order valence-electron chi connectivity index (χ1n) is 4.47. The number of halogens is 4. The van der Waals surface area contributed by atoms with Crippen LogP contribution in [0.5, 0.6) is 5.75 Å². The molecule has 0 heterocycles. The van der Waals surface area contributed by atoms with E-state index in [0.29, 0.717) is 5.56 Å². The molecule has 0 amide bonds. The van der Waals surface area contributed by atoms with Crippen LogP contribution in [0.4, 0.5) is 17.6 Å². The maximum atomic E-state index is 12.5. The van der Waals surface area contributed by atoms with E-state index in [1.54, 1.807) is 0 Å². The van der Waals surface area contributed by atoms with Crippen molar-refractivity contribution in [1.29, 1.82) is 0 Å². The van der Waals surface area contributed by atoms with Gasteiger partial charge in [-0.05, 0) is 17.7 Å². The lowest BCUT2D eigenvalue weighted by Crippen LogP contribution is -2.33. The zero-order valence-electron chi connectivity index (χ0n) is 8.37. The lowest BCUT2D eigenvalue weighted by Gasteiger charge is -2.16. The van der Waals surface area contributed by atoms with E-state index >= 15 is 0 Å². The largest absolute Gasteiger partial charge is 0.481 e. The fraction of sp³-hybridized carbons (Fsp3) is 0.300. The summed E-state index contributed by atoms with van der Waals surface area (Å²) in [5.74, 6) is -1.54. The number of ether oxygens (including phenoxy) is 1. The van der Waals surface area contributed by atoms with Gasteiger partial charge in [0, 0.05) is 0 Å². The number of rotatable bonds is 5. The topological polar surface area (TPSA) is 46.5 Å². The summed E-state index contributed by atoms with van der Waals surface area (Å²) in [5, 5.41) is 8.45. The second kappa shape index (κ2) is 5.03. The number of carbonyl (C=O) groups is 1. The second-order valence-corrected chi connectivity index (χ2v) is 3.18. The van der Waals surface area contributed by atoms with Crippen LogP contribution in [-0.4, -0.2) is 23.6 Å². The van der Waals surface area contributed by atoms with E-state index in [0.717, 1.165) is 12.1 Å². The molecule has 0 aliphatic carbocycles. The molecule has 0 saturated heterocycles. The average molecular weight is 252 g/mol. The molecular formula is C10H8F4O3. The highest BCUT2D eigenvalue weighted by molar-refractivity contribution is 5.70. The summed E-state index contributed by atoms with van der Waals surface area (Å²) in [6, 6.07) is 4.44. The van der Waals surface area contributed by atoms with Gasteiger partial charge >= 0.3 is 18.5 Å². The first-order chi connectivity index (χ1) is 7.81. The van der Waals surface area contributed by atoms with Crippen molar-refractivity contribution in [3.05, 3.63) is 29.8 Å². The summed E-state index contributed by atoms with van der Waals surface area (Å²) >= 11 is 0. The van der Waals surface area contributed by atoms with Crippen molar-refractivity contribution in [1.82, 2.24) is 0 Å². The van der Waals surface area contributed by atoms with E-state index in [-0.39, 0.29) is 6.42 Å². The van der Waals surface area contributed by atoms with E-state index in [9.17, 15) is 22.4 Å². The molecule has 7 heteroatoms. The molecule has 3 nitrogen and oxygen atoms in total. The number of alkyl halides is 4. The summed E-state index contributed by atoms with van der Waals surface area (Å²) in [7, 11) is 0. The Hall–Kier alpha value is -1.79. The van der Waals surface area contributed by atoms with Crippen molar-refractivity contribution >= 4 is 5.97 Å². The van der Waals surface area contributed by atoms with Gasteiger partial charge in [0.2, 0.25) is 0 Å². The fourth-order valence-electron chi connectivity index (χ4n) is 1.05. The Morgan fingerprint density at radius 2 is 1.82 bits per heavy atom. The van der Waals surface area contributed by atoms with Crippen LogP contribution in [0.2, 0.25) is 0 Å². The van der Waals surface area contributed by atoms with Crippen LogP contribution in [0.1, 0.15) is 5.56 Å². The van der Waals surface area contributed by atoms with Gasteiger partial charge in [-0.2, -0.15) is 17.6 Å². The van der Waals surface area contributed by atoms with Gasteiger partial charge in [0.05, 0.1) is 6.42 Å². The van der Waals surface area contributed by atoms with Crippen molar-refractivity contribution < 1.29 is 32.2 Å². The molecule has 1 aromatic carbocycles. The number of carboxylic acid groups (broad SMARTS) is 1. The van der Waals surface area contributed by atoms with Gasteiger partial charge in [0.15, 0.2) is 0 Å². The zero-order valence-corrected chi connectivity index (χ0v) is 8.37. The lowest BCUT2D eigenvalue weighted by atomic mass is 10.1. The predicted octanol–water partition coefficient (Wildman–Crippen LogP) is 2.55. The minimum Gasteiger partial charge on any atom is -0.481 e. The molecule has 0 aromatic heterocycles. The maximum absolute atomic E-state index is 12.5. The summed E-state index contributed by atoms with van der Waals surface area (Å²) in [6.07, 6.45) is -8.78. The Kier molecular flexibility index (Phi) is 3.93. The normalized spacial score (nSPS) is 11.6. The monoisotopic (exact) mass is 252 g/mol. The Labute approximate surface area is 93.6 Å². The Morgan fingerprint density at radius 3 is 2.24 bits per heavy atom. The first kappa shape index (κ1) is 13.3. The Balaban J connectivity index is 2.72. The van der Waals surface area contributed by atoms with Crippen molar-refractivity contribution in [2.45, 2.75) is 19.0 Å². The van der Waals surface area contributed by atoms with E-state index in [1.807, 2.05) is 0 Å². The number of benzene rings is 1. The fourth-order valence-corrected chi connectivity index (χ4v) is 1.05. The zero-order chi connectivity index (χ0) is 13.1. The van der Waals surface area contributed by atoms with Crippen LogP contribution in [0.15, 0.2) is 24.3 Å². The van der Waals surface area contributed by atoms with E-state index in [2.05, 4.69) is 4.74 Å². The first-order valence-corrected chi connectivity index (χ1v) is 4.47. The van der Waals surface area contributed by atoms with Crippen LogP contribution in [-0.2, 0) is 11.2 Å². The SMILES string of the molecule is O=C(O)Cc1ccc(OC(F)(F)C(F)F)cc1. The summed E-state index contributed by atoms with van der Waals surface area (Å²) < 4.78 is 52.3. The molecule has 1 rings (SSSR count). The molecule has 0 aliphatic heterocycles. The third-order valence-electron chi connectivity index (χ3n) is 1.79. The highest BCUT2D eigenvalue weighted by Crippen LogP contribution is 2.27. The van der Waals surface area contributed by atoms with Gasteiger partial charge in [-0.1, -0.05) is 12.1 Å². The summed E-state index contributed by atoms with van der Waals surface area (Å²) in [5.41, 5.74) is 0.352. The molecule has 0 atom stereocenters. The van der Waals surface area contributed by atoms with E-state index < -0.39 is 24.3 Å². The molecule has 0 fully saturated rings. The predicted molar refractivity (Wildman–Crippen MR) is 49.4 cm³/mol. The number of aliphatic carboxylic acids is 1. The Morgan fingerprint density at radius 1 is 1.29 bits per heavy atom. The molecule has 0 saturated carbocycles. The van der Waals surface area contributed by atoms with Gasteiger partial charge in [0.25, 0.3) is 0 Å². The van der Waals surface area contributed by atoms with Crippen molar-refractivity contribution in [2.24, 2.45) is 0 Å². The van der Waals surface area contributed by atoms with Gasteiger partial charge in [-0.3, -0.25) is 4.79 Å². The van der Waals surface area contributed by atoms with Crippen LogP contribution in [0.25, 0.3) is 0 Å². The minimum atomic E-state index is -4.56. The average Bonchev–Trinajstić information content (AvgIpc) is 2.19. The number of carboxylic acids is 1. The third-order valence-corrected chi connectivity index (χ3v) is 1.79. The second-order valence-electron chi connectivity index (χ2n) is 3.18. The molecule has 0 spiro atoms. The summed E-state index contributed by atoms with van der Waals surface area (Å²) in [4.78, 5) is 10.3. The quantitative estimate of drug-likeness (QED) is 0.819. The van der Waals surface area contributed by atoms with Crippen molar-refractivity contribution in [3.8, 4) is 5.75 Å².